The van der Waals surface area contributed by atoms with Crippen molar-refractivity contribution in [2.75, 3.05) is 5.32 Å². The van der Waals surface area contributed by atoms with Gasteiger partial charge in [-0.1, -0.05) is 18.2 Å². The summed E-state index contributed by atoms with van der Waals surface area (Å²) in [6.07, 6.45) is 3.93. The molecule has 5 nitrogen and oxygen atoms in total. The molecule has 0 bridgehead atoms. The van der Waals surface area contributed by atoms with E-state index >= 15 is 0 Å². The highest BCUT2D eigenvalue weighted by molar-refractivity contribution is 5.95. The number of nitrogens with zero attached hydrogens (tertiary/aromatic N) is 2. The number of fused-ring (bicyclic) bond motifs is 1. The minimum atomic E-state index is -0.0397. The van der Waals surface area contributed by atoms with E-state index in [4.69, 9.17) is 0 Å². The number of carbonyl (C=O) groups excluding carboxylic acids is 1. The quantitative estimate of drug-likeness (QED) is 0.772. The van der Waals surface area contributed by atoms with Gasteiger partial charge in [0, 0.05) is 29.2 Å². The van der Waals surface area contributed by atoms with E-state index in [9.17, 15) is 4.79 Å². The lowest BCUT2D eigenvalue weighted by atomic mass is 10.1. The van der Waals surface area contributed by atoms with Crippen LogP contribution in [0.15, 0.2) is 42.7 Å². The lowest BCUT2D eigenvalue weighted by Gasteiger charge is -2.11. The normalized spacial score (nSPS) is 11.2. The number of amides is 1. The van der Waals surface area contributed by atoms with Crippen LogP contribution in [0.2, 0.25) is 0 Å². The largest absolute Gasteiger partial charge is 0.361 e. The van der Waals surface area contributed by atoms with Crippen LogP contribution in [0.25, 0.3) is 10.9 Å². The summed E-state index contributed by atoms with van der Waals surface area (Å²) in [5.74, 6) is 0.692. The van der Waals surface area contributed by atoms with Gasteiger partial charge in [0.25, 0.3) is 0 Å². The maximum Gasteiger partial charge on any atom is 0.230 e. The summed E-state index contributed by atoms with van der Waals surface area (Å²) in [5, 5.41) is 8.22. The number of hydrogen-bond acceptors (Lipinski definition) is 2. The van der Waals surface area contributed by atoms with Gasteiger partial charge >= 0.3 is 0 Å². The van der Waals surface area contributed by atoms with Gasteiger partial charge in [-0.2, -0.15) is 5.10 Å². The van der Waals surface area contributed by atoms with Crippen LogP contribution in [-0.2, 0) is 11.2 Å². The van der Waals surface area contributed by atoms with Crippen molar-refractivity contribution in [3.05, 3.63) is 48.3 Å². The first-order valence-corrected chi connectivity index (χ1v) is 7.03. The molecule has 0 aliphatic carbocycles. The number of hydrogen-bond donors (Lipinski definition) is 2. The summed E-state index contributed by atoms with van der Waals surface area (Å²) in [5.41, 5.74) is 2.05. The Morgan fingerprint density at radius 2 is 2.14 bits per heavy atom. The van der Waals surface area contributed by atoms with E-state index in [1.807, 2.05) is 50.4 Å². The third kappa shape index (κ3) is 2.67. The summed E-state index contributed by atoms with van der Waals surface area (Å²) in [7, 11) is 0. The molecule has 108 valence electrons. The smallest absolute Gasteiger partial charge is 0.230 e. The van der Waals surface area contributed by atoms with E-state index in [-0.39, 0.29) is 11.9 Å². The third-order valence-electron chi connectivity index (χ3n) is 3.45. The number of H-pyrrole nitrogens is 1. The van der Waals surface area contributed by atoms with Gasteiger partial charge in [-0.15, -0.1) is 0 Å². The van der Waals surface area contributed by atoms with Crippen molar-refractivity contribution in [1.82, 2.24) is 14.8 Å². The number of aromatic amines is 1. The second-order valence-electron chi connectivity index (χ2n) is 5.34. The molecule has 0 aliphatic rings. The van der Waals surface area contributed by atoms with Crippen LogP contribution < -0.4 is 5.32 Å². The van der Waals surface area contributed by atoms with Crippen molar-refractivity contribution < 1.29 is 4.79 Å². The fourth-order valence-electron chi connectivity index (χ4n) is 2.46. The molecule has 0 fully saturated rings. The van der Waals surface area contributed by atoms with Crippen LogP contribution in [0.3, 0.4) is 0 Å². The zero-order valence-corrected chi connectivity index (χ0v) is 12.1. The lowest BCUT2D eigenvalue weighted by molar-refractivity contribution is -0.115. The maximum absolute atomic E-state index is 12.2. The van der Waals surface area contributed by atoms with Crippen molar-refractivity contribution in [2.24, 2.45) is 0 Å². The molecule has 0 saturated heterocycles. The second-order valence-corrected chi connectivity index (χ2v) is 5.34. The number of aromatic nitrogens is 3. The van der Waals surface area contributed by atoms with Gasteiger partial charge in [-0.3, -0.25) is 4.79 Å². The van der Waals surface area contributed by atoms with Gasteiger partial charge < -0.3 is 10.3 Å². The first-order chi connectivity index (χ1) is 10.1. The van der Waals surface area contributed by atoms with E-state index in [0.29, 0.717) is 6.42 Å². The van der Waals surface area contributed by atoms with Crippen molar-refractivity contribution in [2.45, 2.75) is 26.3 Å². The van der Waals surface area contributed by atoms with Crippen molar-refractivity contribution in [3.8, 4) is 0 Å². The molecule has 0 atom stereocenters. The highest BCUT2D eigenvalue weighted by Gasteiger charge is 2.12. The van der Waals surface area contributed by atoms with E-state index in [0.717, 1.165) is 22.3 Å². The Balaban J connectivity index is 1.76. The van der Waals surface area contributed by atoms with Gasteiger partial charge in [0.1, 0.15) is 5.82 Å². The van der Waals surface area contributed by atoms with E-state index in [1.165, 1.54) is 0 Å². The van der Waals surface area contributed by atoms with Gasteiger partial charge in [-0.05, 0) is 25.5 Å². The maximum atomic E-state index is 12.2. The van der Waals surface area contributed by atoms with E-state index in [2.05, 4.69) is 15.4 Å². The van der Waals surface area contributed by atoms with Crippen LogP contribution in [0.5, 0.6) is 0 Å². The average Bonchev–Trinajstić information content (AvgIpc) is 3.06. The second kappa shape index (κ2) is 5.44. The third-order valence-corrected chi connectivity index (χ3v) is 3.45. The van der Waals surface area contributed by atoms with Crippen molar-refractivity contribution in [1.29, 1.82) is 0 Å². The first kappa shape index (κ1) is 13.4. The fourth-order valence-corrected chi connectivity index (χ4v) is 2.46. The summed E-state index contributed by atoms with van der Waals surface area (Å²) in [6.45, 7) is 4.06. The first-order valence-electron chi connectivity index (χ1n) is 7.03. The lowest BCUT2D eigenvalue weighted by Crippen LogP contribution is -2.18. The number of benzene rings is 1. The Bertz CT molecular complexity index is 769. The van der Waals surface area contributed by atoms with Gasteiger partial charge in [-0.25, -0.2) is 4.68 Å². The molecule has 1 amide bonds. The highest BCUT2D eigenvalue weighted by Crippen LogP contribution is 2.19. The summed E-state index contributed by atoms with van der Waals surface area (Å²) in [6, 6.07) is 10.0. The van der Waals surface area contributed by atoms with Crippen molar-refractivity contribution >= 4 is 22.6 Å². The van der Waals surface area contributed by atoms with Crippen molar-refractivity contribution in [3.63, 3.8) is 0 Å². The molecular formula is C16H18N4O. The molecule has 0 saturated carbocycles. The number of nitrogens with one attached hydrogen (secondary N) is 2. The van der Waals surface area contributed by atoms with Gasteiger partial charge in [0.2, 0.25) is 5.91 Å². The minimum Gasteiger partial charge on any atom is -0.361 e. The molecule has 1 aromatic carbocycles. The van der Waals surface area contributed by atoms with E-state index in [1.54, 1.807) is 10.9 Å². The Morgan fingerprint density at radius 1 is 1.33 bits per heavy atom. The van der Waals surface area contributed by atoms with Crippen LogP contribution in [0.1, 0.15) is 25.5 Å². The number of rotatable bonds is 4. The Kier molecular flexibility index (Phi) is 3.48. The minimum absolute atomic E-state index is 0.0397. The highest BCUT2D eigenvalue weighted by atomic mass is 16.1. The summed E-state index contributed by atoms with van der Waals surface area (Å²) >= 11 is 0. The molecule has 0 radical (unpaired) electrons. The number of carbonyl (C=O) groups is 1. The summed E-state index contributed by atoms with van der Waals surface area (Å²) < 4.78 is 1.80. The molecule has 0 spiro atoms. The van der Waals surface area contributed by atoms with Crippen LogP contribution in [-0.4, -0.2) is 20.7 Å². The Labute approximate surface area is 123 Å². The Morgan fingerprint density at radius 3 is 2.95 bits per heavy atom. The average molecular weight is 282 g/mol. The van der Waals surface area contributed by atoms with Gasteiger partial charge in [0.05, 0.1) is 12.6 Å². The molecule has 3 aromatic rings. The number of para-hydroxylation sites is 1. The zero-order chi connectivity index (χ0) is 14.8. The zero-order valence-electron chi connectivity index (χ0n) is 12.1. The fraction of sp³-hybridized carbons (Fsp3) is 0.250. The Hall–Kier alpha value is -2.56. The molecular weight excluding hydrogens is 264 g/mol. The van der Waals surface area contributed by atoms with E-state index < -0.39 is 0 Å². The molecule has 2 heterocycles. The predicted octanol–water partition coefficient (Wildman–Crippen LogP) is 3.13. The topological polar surface area (TPSA) is 62.7 Å². The standard InChI is InChI=1S/C16H18N4O/c1-11(2)20-15(7-8-18-20)19-16(21)9-12-10-17-14-6-4-3-5-13(12)14/h3-8,10-11,17H,9H2,1-2H3,(H,19,21). The molecule has 5 heteroatoms. The van der Waals surface area contributed by atoms with Crippen LogP contribution >= 0.6 is 0 Å². The SMILES string of the molecule is CC(C)n1nccc1NC(=O)Cc1c[nH]c2ccccc12. The van der Waals surface area contributed by atoms with Crippen LogP contribution in [0.4, 0.5) is 5.82 Å². The molecule has 3 rings (SSSR count). The van der Waals surface area contributed by atoms with Crippen LogP contribution in [0, 0.1) is 0 Å². The molecule has 2 N–H and O–H groups in total. The monoisotopic (exact) mass is 282 g/mol. The number of anilines is 1. The predicted molar refractivity (Wildman–Crippen MR) is 83.2 cm³/mol. The molecule has 0 aliphatic heterocycles. The molecule has 21 heavy (non-hydrogen) atoms. The van der Waals surface area contributed by atoms with Gasteiger partial charge in [0.15, 0.2) is 0 Å². The molecule has 0 unspecified atom stereocenters. The summed E-state index contributed by atoms with van der Waals surface area (Å²) in [4.78, 5) is 15.4. The molecule has 2 aromatic heterocycles.